The maximum atomic E-state index is 2.22. The van der Waals surface area contributed by atoms with Crippen molar-refractivity contribution in [1.82, 2.24) is 0 Å². The Morgan fingerprint density at radius 3 is 2.00 bits per heavy atom. The Morgan fingerprint density at radius 2 is 1.58 bits per heavy atom. The highest BCUT2D eigenvalue weighted by atomic mass is 32.2. The zero-order valence-electron chi connectivity index (χ0n) is 7.37. The largest absolute Gasteiger partial charge is 0.412 e. The number of rotatable bonds is 2. The van der Waals surface area contributed by atoms with Crippen LogP contribution in [0, 0.1) is 0 Å². The summed E-state index contributed by atoms with van der Waals surface area (Å²) in [5, 5.41) is 0. The first-order valence-electron chi connectivity index (χ1n) is 3.42. The Labute approximate surface area is 78.0 Å². The highest BCUT2D eigenvalue weighted by molar-refractivity contribution is 8.26. The SMILES string of the molecule is CSB(C)c1ccccc1.O.O. The van der Waals surface area contributed by atoms with E-state index in [0.29, 0.717) is 5.99 Å². The summed E-state index contributed by atoms with van der Waals surface area (Å²) in [4.78, 5) is 0. The van der Waals surface area contributed by atoms with E-state index >= 15 is 0 Å². The van der Waals surface area contributed by atoms with Gasteiger partial charge in [0.05, 0.1) is 0 Å². The molecule has 12 heavy (non-hydrogen) atoms. The Bertz CT molecular complexity index is 194. The van der Waals surface area contributed by atoms with Gasteiger partial charge in [0.1, 0.15) is 0 Å². The minimum absolute atomic E-state index is 0. The van der Waals surface area contributed by atoms with Gasteiger partial charge in [0, 0.05) is 0 Å². The molecule has 68 valence electrons. The topological polar surface area (TPSA) is 63.0 Å². The van der Waals surface area contributed by atoms with Crippen LogP contribution in [0.25, 0.3) is 0 Å². The predicted octanol–water partition coefficient (Wildman–Crippen LogP) is 0.228. The van der Waals surface area contributed by atoms with E-state index in [1.54, 1.807) is 0 Å². The molecule has 4 N–H and O–H groups in total. The van der Waals surface area contributed by atoms with Gasteiger partial charge in [-0.25, -0.2) is 11.6 Å². The molecule has 0 unspecified atom stereocenters. The van der Waals surface area contributed by atoms with Crippen molar-refractivity contribution < 1.29 is 11.0 Å². The zero-order chi connectivity index (χ0) is 7.40. The van der Waals surface area contributed by atoms with E-state index < -0.39 is 0 Å². The van der Waals surface area contributed by atoms with Crippen LogP contribution in [-0.2, 0) is 0 Å². The maximum absolute atomic E-state index is 2.22. The average molecular weight is 186 g/mol. The Morgan fingerprint density at radius 1 is 1.08 bits per heavy atom. The van der Waals surface area contributed by atoms with E-state index in [1.807, 2.05) is 11.6 Å². The van der Waals surface area contributed by atoms with Crippen molar-refractivity contribution >= 4 is 23.1 Å². The molecule has 2 nitrogen and oxygen atoms in total. The van der Waals surface area contributed by atoms with Crippen molar-refractivity contribution in [3.05, 3.63) is 30.3 Å². The van der Waals surface area contributed by atoms with E-state index in [0.717, 1.165) is 0 Å². The Hall–Kier alpha value is -0.445. The maximum Gasteiger partial charge on any atom is 0.238 e. The van der Waals surface area contributed by atoms with Crippen LogP contribution < -0.4 is 5.46 Å². The monoisotopic (exact) mass is 186 g/mol. The molecule has 0 heterocycles. The number of benzene rings is 1. The summed E-state index contributed by atoms with van der Waals surface area (Å²) in [7, 11) is 0. The number of hydrogen-bond acceptors (Lipinski definition) is 1. The molecule has 0 aliphatic carbocycles. The minimum Gasteiger partial charge on any atom is -0.412 e. The van der Waals surface area contributed by atoms with Crippen molar-refractivity contribution in [1.29, 1.82) is 0 Å². The van der Waals surface area contributed by atoms with Crippen molar-refractivity contribution in [3.63, 3.8) is 0 Å². The normalized spacial score (nSPS) is 7.83. The average Bonchev–Trinajstić information content (AvgIpc) is 2.05. The fraction of sp³-hybridized carbons (Fsp3) is 0.250. The van der Waals surface area contributed by atoms with E-state index in [1.165, 1.54) is 5.46 Å². The summed E-state index contributed by atoms with van der Waals surface area (Å²) in [5.41, 5.74) is 1.41. The smallest absolute Gasteiger partial charge is 0.238 e. The van der Waals surface area contributed by atoms with Gasteiger partial charge in [0.2, 0.25) is 5.99 Å². The molecule has 0 fully saturated rings. The first-order chi connectivity index (χ1) is 4.84. The van der Waals surface area contributed by atoms with Crippen LogP contribution in [0.4, 0.5) is 0 Å². The van der Waals surface area contributed by atoms with Crippen molar-refractivity contribution in [2.24, 2.45) is 0 Å². The zero-order valence-corrected chi connectivity index (χ0v) is 8.19. The molecule has 0 radical (unpaired) electrons. The molecule has 1 aromatic rings. The van der Waals surface area contributed by atoms with Crippen LogP contribution in [0.5, 0.6) is 0 Å². The standard InChI is InChI=1S/C8H11BS.2H2O/c1-9(10-2)8-6-4-3-5-7-8;;/h3-7H,1-2H3;2*1H2. The molecule has 0 spiro atoms. The predicted molar refractivity (Wildman–Crippen MR) is 58.4 cm³/mol. The van der Waals surface area contributed by atoms with E-state index in [9.17, 15) is 0 Å². The van der Waals surface area contributed by atoms with Gasteiger partial charge in [-0.15, -0.1) is 0 Å². The van der Waals surface area contributed by atoms with Gasteiger partial charge in [-0.2, -0.15) is 0 Å². The van der Waals surface area contributed by atoms with Gasteiger partial charge in [-0.1, -0.05) is 42.6 Å². The summed E-state index contributed by atoms with van der Waals surface area (Å²) < 4.78 is 0. The lowest BCUT2D eigenvalue weighted by Crippen LogP contribution is -2.21. The van der Waals surface area contributed by atoms with Crippen LogP contribution in [0.2, 0.25) is 6.82 Å². The molecule has 0 aliphatic heterocycles. The quantitative estimate of drug-likeness (QED) is 0.609. The third-order valence-electron chi connectivity index (χ3n) is 1.62. The van der Waals surface area contributed by atoms with Crippen molar-refractivity contribution in [3.8, 4) is 0 Å². The molecule has 0 bridgehead atoms. The fourth-order valence-corrected chi connectivity index (χ4v) is 1.29. The number of hydrogen-bond donors (Lipinski definition) is 0. The van der Waals surface area contributed by atoms with Crippen molar-refractivity contribution in [2.45, 2.75) is 6.82 Å². The summed E-state index contributed by atoms with van der Waals surface area (Å²) in [5.74, 6) is 0.626. The minimum atomic E-state index is 0. The highest BCUT2D eigenvalue weighted by Crippen LogP contribution is 2.00. The molecule has 1 aromatic carbocycles. The van der Waals surface area contributed by atoms with E-state index in [4.69, 9.17) is 0 Å². The molecular weight excluding hydrogens is 171 g/mol. The van der Waals surface area contributed by atoms with Gasteiger partial charge in [0.15, 0.2) is 0 Å². The molecule has 0 saturated heterocycles. The first-order valence-corrected chi connectivity index (χ1v) is 4.71. The molecule has 0 aliphatic rings. The van der Waals surface area contributed by atoms with Crippen LogP contribution in [0.15, 0.2) is 30.3 Å². The van der Waals surface area contributed by atoms with E-state index in [2.05, 4.69) is 43.4 Å². The van der Waals surface area contributed by atoms with Crippen molar-refractivity contribution in [2.75, 3.05) is 6.26 Å². The first kappa shape index (κ1) is 14.1. The molecule has 4 heteroatoms. The molecule has 0 saturated carbocycles. The van der Waals surface area contributed by atoms with Gasteiger partial charge < -0.3 is 11.0 Å². The molecule has 0 aromatic heterocycles. The summed E-state index contributed by atoms with van der Waals surface area (Å²) >= 11 is 1.88. The van der Waals surface area contributed by atoms with Crippen LogP contribution in [0.3, 0.4) is 0 Å². The molecule has 1 rings (SSSR count). The lowest BCUT2D eigenvalue weighted by atomic mass is 9.71. The summed E-state index contributed by atoms with van der Waals surface area (Å²) in [6, 6.07) is 10.6. The molecular formula is C8H15BO2S. The molecule has 0 amide bonds. The van der Waals surface area contributed by atoms with Gasteiger partial charge in [-0.3, -0.25) is 0 Å². The molecule has 0 atom stereocenters. The second-order valence-corrected chi connectivity index (χ2v) is 3.47. The van der Waals surface area contributed by atoms with Gasteiger partial charge in [0.25, 0.3) is 0 Å². The Balaban J connectivity index is 0. The van der Waals surface area contributed by atoms with Crippen LogP contribution in [-0.4, -0.2) is 23.2 Å². The third-order valence-corrected chi connectivity index (χ3v) is 2.60. The third kappa shape index (κ3) is 3.81. The summed E-state index contributed by atoms with van der Waals surface area (Å²) in [6.45, 7) is 2.22. The highest BCUT2D eigenvalue weighted by Gasteiger charge is 2.05. The Kier molecular flexibility index (Phi) is 8.48. The second-order valence-electron chi connectivity index (χ2n) is 2.29. The van der Waals surface area contributed by atoms with Crippen LogP contribution in [0.1, 0.15) is 0 Å². The van der Waals surface area contributed by atoms with Gasteiger partial charge in [-0.05, 0) is 6.26 Å². The fourth-order valence-electron chi connectivity index (χ4n) is 0.860. The van der Waals surface area contributed by atoms with E-state index in [-0.39, 0.29) is 11.0 Å². The second kappa shape index (κ2) is 7.22. The lowest BCUT2D eigenvalue weighted by Gasteiger charge is -2.02. The van der Waals surface area contributed by atoms with Crippen LogP contribution >= 0.6 is 11.6 Å². The lowest BCUT2D eigenvalue weighted by molar-refractivity contribution is 0.823. The summed E-state index contributed by atoms with van der Waals surface area (Å²) in [6.07, 6.45) is 2.14. The van der Waals surface area contributed by atoms with Gasteiger partial charge >= 0.3 is 0 Å².